The Morgan fingerprint density at radius 2 is 2.16 bits per heavy atom. The summed E-state index contributed by atoms with van der Waals surface area (Å²) in [5.41, 5.74) is 3.08. The van der Waals surface area contributed by atoms with Gasteiger partial charge in [0, 0.05) is 33.1 Å². The number of aromatic nitrogens is 2. The van der Waals surface area contributed by atoms with Gasteiger partial charge in [0.2, 0.25) is 11.8 Å². The molecule has 0 unspecified atom stereocenters. The van der Waals surface area contributed by atoms with Crippen LogP contribution in [0.5, 0.6) is 0 Å². The quantitative estimate of drug-likeness (QED) is 0.926. The molecular weight excluding hydrogens is 316 g/mol. The Balaban J connectivity index is 1.61. The molecule has 2 heterocycles. The van der Waals surface area contributed by atoms with Crippen LogP contribution in [-0.4, -0.2) is 39.4 Å². The Hall–Kier alpha value is -2.37. The number of aryl methyl sites for hydroxylation is 2. The molecule has 0 bridgehead atoms. The first-order valence-corrected chi connectivity index (χ1v) is 8.97. The minimum atomic E-state index is -0.106. The first-order valence-electron chi connectivity index (χ1n) is 8.97. The lowest BCUT2D eigenvalue weighted by Gasteiger charge is -2.31. The van der Waals surface area contributed by atoms with Crippen molar-refractivity contribution in [2.75, 3.05) is 13.1 Å². The van der Waals surface area contributed by atoms with Crippen molar-refractivity contribution in [1.29, 1.82) is 0 Å². The maximum Gasteiger partial charge on any atom is 0.225 e. The smallest absolute Gasteiger partial charge is 0.225 e. The van der Waals surface area contributed by atoms with Crippen LogP contribution in [0.15, 0.2) is 18.2 Å². The van der Waals surface area contributed by atoms with Gasteiger partial charge < -0.3 is 14.8 Å². The minimum Gasteiger partial charge on any atom is -0.352 e. The molecular formula is C19H26N4O2. The fraction of sp³-hybridized carbons (Fsp3) is 0.526. The first kappa shape index (κ1) is 17.5. The third-order valence-electron chi connectivity index (χ3n) is 5.08. The lowest BCUT2D eigenvalue weighted by Crippen LogP contribution is -2.45. The van der Waals surface area contributed by atoms with Crippen molar-refractivity contribution in [2.24, 2.45) is 13.0 Å². The van der Waals surface area contributed by atoms with Gasteiger partial charge in [-0.15, -0.1) is 0 Å². The number of nitrogens with zero attached hydrogens (tertiary/aromatic N) is 3. The van der Waals surface area contributed by atoms with E-state index in [-0.39, 0.29) is 17.7 Å². The van der Waals surface area contributed by atoms with E-state index in [1.165, 1.54) is 0 Å². The standard InChI is InChI=1S/C19H26N4O2/c1-4-18(24)23-9-5-6-15(12-23)19(25)20-11-14-7-8-17-16(10-14)21-13(2)22(17)3/h7-8,10,15H,4-6,9,11-12H2,1-3H3,(H,20,25)/t15-/m1/s1. The fourth-order valence-electron chi connectivity index (χ4n) is 3.45. The van der Waals surface area contributed by atoms with Crippen LogP contribution in [0.1, 0.15) is 37.6 Å². The van der Waals surface area contributed by atoms with Crippen molar-refractivity contribution in [3.8, 4) is 0 Å². The van der Waals surface area contributed by atoms with Crippen LogP contribution in [0, 0.1) is 12.8 Å². The van der Waals surface area contributed by atoms with E-state index >= 15 is 0 Å². The van der Waals surface area contributed by atoms with E-state index in [0.29, 0.717) is 19.5 Å². The largest absolute Gasteiger partial charge is 0.352 e. The SMILES string of the molecule is CCC(=O)N1CCC[C@@H](C(=O)NCc2ccc3c(c2)nc(C)n3C)C1. The number of nitrogens with one attached hydrogen (secondary N) is 1. The minimum absolute atomic E-state index is 0.0332. The molecule has 1 fully saturated rings. The topological polar surface area (TPSA) is 67.2 Å². The molecule has 0 spiro atoms. The fourth-order valence-corrected chi connectivity index (χ4v) is 3.45. The van der Waals surface area contributed by atoms with Gasteiger partial charge in [-0.2, -0.15) is 0 Å². The molecule has 1 N–H and O–H groups in total. The summed E-state index contributed by atoms with van der Waals surface area (Å²) >= 11 is 0. The summed E-state index contributed by atoms with van der Waals surface area (Å²) in [6.07, 6.45) is 2.23. The lowest BCUT2D eigenvalue weighted by molar-refractivity contribution is -0.135. The molecule has 25 heavy (non-hydrogen) atoms. The Morgan fingerprint density at radius 3 is 2.92 bits per heavy atom. The maximum absolute atomic E-state index is 12.5. The molecule has 0 radical (unpaired) electrons. The molecule has 6 nitrogen and oxygen atoms in total. The number of carbonyl (C=O) groups excluding carboxylic acids is 2. The van der Waals surface area contributed by atoms with Gasteiger partial charge in [0.05, 0.1) is 17.0 Å². The van der Waals surface area contributed by atoms with E-state index in [9.17, 15) is 9.59 Å². The summed E-state index contributed by atoms with van der Waals surface area (Å²) in [4.78, 5) is 30.7. The van der Waals surface area contributed by atoms with Gasteiger partial charge in [0.15, 0.2) is 0 Å². The number of amides is 2. The molecule has 1 aromatic heterocycles. The summed E-state index contributed by atoms with van der Waals surface area (Å²) in [6.45, 7) is 5.64. The second-order valence-electron chi connectivity index (χ2n) is 6.79. The van der Waals surface area contributed by atoms with Crippen LogP contribution in [0.2, 0.25) is 0 Å². The van der Waals surface area contributed by atoms with Crippen LogP contribution in [0.25, 0.3) is 11.0 Å². The van der Waals surface area contributed by atoms with Crippen molar-refractivity contribution in [3.05, 3.63) is 29.6 Å². The zero-order chi connectivity index (χ0) is 18.0. The maximum atomic E-state index is 12.5. The zero-order valence-electron chi connectivity index (χ0n) is 15.2. The normalized spacial score (nSPS) is 17.7. The van der Waals surface area contributed by atoms with E-state index in [1.807, 2.05) is 44.0 Å². The molecule has 134 valence electrons. The molecule has 1 saturated heterocycles. The summed E-state index contributed by atoms with van der Waals surface area (Å²) in [6, 6.07) is 6.09. The molecule has 1 aliphatic rings. The first-order chi connectivity index (χ1) is 12.0. The highest BCUT2D eigenvalue weighted by molar-refractivity contribution is 5.81. The summed E-state index contributed by atoms with van der Waals surface area (Å²) in [5.74, 6) is 1.03. The molecule has 0 saturated carbocycles. The van der Waals surface area contributed by atoms with E-state index in [0.717, 1.165) is 41.8 Å². The van der Waals surface area contributed by atoms with Gasteiger partial charge in [-0.25, -0.2) is 4.98 Å². The molecule has 1 atom stereocenters. The van der Waals surface area contributed by atoms with Gasteiger partial charge in [-0.05, 0) is 37.5 Å². The number of likely N-dealkylation sites (tertiary alicyclic amines) is 1. The molecule has 2 aromatic rings. The van der Waals surface area contributed by atoms with Crippen molar-refractivity contribution < 1.29 is 9.59 Å². The number of hydrogen-bond donors (Lipinski definition) is 1. The van der Waals surface area contributed by atoms with Crippen molar-refractivity contribution >= 4 is 22.8 Å². The summed E-state index contributed by atoms with van der Waals surface area (Å²) < 4.78 is 2.05. The van der Waals surface area contributed by atoms with Crippen molar-refractivity contribution in [2.45, 2.75) is 39.7 Å². The number of benzene rings is 1. The van der Waals surface area contributed by atoms with Crippen LogP contribution < -0.4 is 5.32 Å². The van der Waals surface area contributed by atoms with Crippen LogP contribution in [0.3, 0.4) is 0 Å². The number of carbonyl (C=O) groups is 2. The highest BCUT2D eigenvalue weighted by atomic mass is 16.2. The zero-order valence-corrected chi connectivity index (χ0v) is 15.2. The molecule has 2 amide bonds. The average molecular weight is 342 g/mol. The van der Waals surface area contributed by atoms with Gasteiger partial charge in [0.25, 0.3) is 0 Å². The molecule has 6 heteroatoms. The van der Waals surface area contributed by atoms with Gasteiger partial charge in [-0.1, -0.05) is 13.0 Å². The highest BCUT2D eigenvalue weighted by Gasteiger charge is 2.27. The number of hydrogen-bond acceptors (Lipinski definition) is 3. The van der Waals surface area contributed by atoms with Crippen LogP contribution in [-0.2, 0) is 23.2 Å². The molecule has 1 aromatic carbocycles. The van der Waals surface area contributed by atoms with Gasteiger partial charge in [-0.3, -0.25) is 9.59 Å². The van der Waals surface area contributed by atoms with Crippen LogP contribution >= 0.6 is 0 Å². The van der Waals surface area contributed by atoms with Crippen LogP contribution in [0.4, 0.5) is 0 Å². The molecule has 3 rings (SSSR count). The number of fused-ring (bicyclic) bond motifs is 1. The van der Waals surface area contributed by atoms with E-state index in [4.69, 9.17) is 0 Å². The Labute approximate surface area is 148 Å². The predicted octanol–water partition coefficient (Wildman–Crippen LogP) is 2.15. The second kappa shape index (κ2) is 7.25. The molecule has 0 aliphatic carbocycles. The van der Waals surface area contributed by atoms with Gasteiger partial charge >= 0.3 is 0 Å². The third-order valence-corrected chi connectivity index (χ3v) is 5.08. The lowest BCUT2D eigenvalue weighted by atomic mass is 9.96. The average Bonchev–Trinajstić information content (AvgIpc) is 2.92. The predicted molar refractivity (Wildman–Crippen MR) is 96.9 cm³/mol. The Morgan fingerprint density at radius 1 is 1.36 bits per heavy atom. The van der Waals surface area contributed by atoms with Crippen molar-refractivity contribution in [3.63, 3.8) is 0 Å². The monoisotopic (exact) mass is 342 g/mol. The van der Waals surface area contributed by atoms with Gasteiger partial charge in [0.1, 0.15) is 5.82 Å². The van der Waals surface area contributed by atoms with E-state index < -0.39 is 0 Å². The number of piperidine rings is 1. The van der Waals surface area contributed by atoms with E-state index in [2.05, 4.69) is 14.9 Å². The summed E-state index contributed by atoms with van der Waals surface area (Å²) in [5, 5.41) is 3.02. The molecule has 1 aliphatic heterocycles. The third kappa shape index (κ3) is 3.67. The number of imidazole rings is 1. The number of rotatable bonds is 4. The highest BCUT2D eigenvalue weighted by Crippen LogP contribution is 2.19. The van der Waals surface area contributed by atoms with Crippen molar-refractivity contribution in [1.82, 2.24) is 19.8 Å². The second-order valence-corrected chi connectivity index (χ2v) is 6.79. The summed E-state index contributed by atoms with van der Waals surface area (Å²) in [7, 11) is 2.00. The van der Waals surface area contributed by atoms with E-state index in [1.54, 1.807) is 0 Å². The Kier molecular flexibility index (Phi) is 5.06. The Bertz CT molecular complexity index is 796.